The Labute approximate surface area is 458 Å². The Balaban J connectivity index is 4.65. The van der Waals surface area contributed by atoms with Gasteiger partial charge in [0.2, 0.25) is 0 Å². The van der Waals surface area contributed by atoms with Crippen LogP contribution in [0.5, 0.6) is 0 Å². The highest BCUT2D eigenvalue weighted by Crippen LogP contribution is 2.09. The summed E-state index contributed by atoms with van der Waals surface area (Å²) >= 11 is 0. The molecule has 6 heteroatoms. The van der Waals surface area contributed by atoms with E-state index in [1.807, 2.05) is 6.08 Å². The minimum atomic E-state index is -0.876. The van der Waals surface area contributed by atoms with Gasteiger partial charge >= 0.3 is 17.9 Å². The van der Waals surface area contributed by atoms with E-state index in [-0.39, 0.29) is 38.4 Å². The fraction of sp³-hybridized carbons (Fsp3) is 0.464. The molecule has 0 aromatic heterocycles. The first-order valence-corrected chi connectivity index (χ1v) is 28.6. The summed E-state index contributed by atoms with van der Waals surface area (Å²) in [5.74, 6) is -1.20. The molecule has 0 radical (unpaired) electrons. The van der Waals surface area contributed by atoms with Crippen LogP contribution in [-0.4, -0.2) is 37.2 Å². The second-order valence-electron chi connectivity index (χ2n) is 17.7. The summed E-state index contributed by atoms with van der Waals surface area (Å²) in [7, 11) is 0. The Morgan fingerprint density at radius 1 is 0.280 bits per heavy atom. The van der Waals surface area contributed by atoms with Crippen molar-refractivity contribution >= 4 is 17.9 Å². The molecule has 0 aliphatic rings. The number of esters is 3. The topological polar surface area (TPSA) is 78.9 Å². The fourth-order valence-corrected chi connectivity index (χ4v) is 6.65. The van der Waals surface area contributed by atoms with Gasteiger partial charge in [0.05, 0.1) is 6.42 Å². The number of carbonyl (C=O) groups is 3. The quantitative estimate of drug-likeness (QED) is 0.0261. The van der Waals surface area contributed by atoms with Gasteiger partial charge in [-0.25, -0.2) is 0 Å². The van der Waals surface area contributed by atoms with Gasteiger partial charge in [-0.15, -0.1) is 0 Å². The SMILES string of the molecule is CC/C=C\C/C=C\C/C=C\C/C=C\C/C=C\C/C=C\C/C=C\CCCCCC(=O)OCC(COC(=O)C/C=C\C/C=C\C/C=C\C/C=C\C/C=C\CC)OC(=O)CCC/C=C\C/C=C\C/C=C\C/C=C\C/C=C\CC. The van der Waals surface area contributed by atoms with Gasteiger partial charge in [0.1, 0.15) is 13.2 Å². The zero-order valence-electron chi connectivity index (χ0n) is 47.0. The van der Waals surface area contributed by atoms with Crippen molar-refractivity contribution in [2.24, 2.45) is 0 Å². The molecule has 0 aliphatic heterocycles. The maximum Gasteiger partial charge on any atom is 0.309 e. The normalized spacial score (nSPS) is 13.7. The van der Waals surface area contributed by atoms with Crippen LogP contribution >= 0.6 is 0 Å². The smallest absolute Gasteiger partial charge is 0.309 e. The fourth-order valence-electron chi connectivity index (χ4n) is 6.65. The number of unbranched alkanes of at least 4 members (excludes halogenated alkanes) is 4. The highest BCUT2D eigenvalue weighted by Gasteiger charge is 2.19. The summed E-state index contributed by atoms with van der Waals surface area (Å²) < 4.78 is 16.7. The number of hydrogen-bond acceptors (Lipinski definition) is 6. The lowest BCUT2D eigenvalue weighted by molar-refractivity contribution is -0.166. The Hall–Kier alpha value is -6.01. The van der Waals surface area contributed by atoms with Crippen molar-refractivity contribution in [3.05, 3.63) is 207 Å². The summed E-state index contributed by atoms with van der Waals surface area (Å²) in [5, 5.41) is 0. The van der Waals surface area contributed by atoms with E-state index in [2.05, 4.69) is 215 Å². The largest absolute Gasteiger partial charge is 0.462 e. The molecule has 1 atom stereocenters. The summed E-state index contributed by atoms with van der Waals surface area (Å²) in [5.41, 5.74) is 0. The highest BCUT2D eigenvalue weighted by atomic mass is 16.6. The van der Waals surface area contributed by atoms with E-state index in [1.54, 1.807) is 6.08 Å². The van der Waals surface area contributed by atoms with Gasteiger partial charge in [0.15, 0.2) is 6.10 Å². The zero-order chi connectivity index (χ0) is 54.3. The predicted octanol–water partition coefficient (Wildman–Crippen LogP) is 19.6. The molecule has 0 rings (SSSR count). The van der Waals surface area contributed by atoms with Gasteiger partial charge in [-0.05, 0) is 141 Å². The molecular weight excluding hydrogens is 925 g/mol. The van der Waals surface area contributed by atoms with Crippen molar-refractivity contribution in [2.75, 3.05) is 13.2 Å². The molecule has 0 N–H and O–H groups in total. The van der Waals surface area contributed by atoms with Crippen LogP contribution in [0, 0.1) is 0 Å². The van der Waals surface area contributed by atoms with Crippen molar-refractivity contribution in [3.63, 3.8) is 0 Å². The zero-order valence-corrected chi connectivity index (χ0v) is 47.0. The molecule has 0 spiro atoms. The third-order valence-corrected chi connectivity index (χ3v) is 10.8. The average molecular weight is 1030 g/mol. The Kier molecular flexibility index (Phi) is 55.7. The van der Waals surface area contributed by atoms with Crippen LogP contribution in [-0.2, 0) is 28.6 Å². The van der Waals surface area contributed by atoms with Crippen LogP contribution in [0.1, 0.15) is 188 Å². The molecule has 0 aliphatic carbocycles. The molecule has 0 saturated carbocycles. The maximum absolute atomic E-state index is 12.8. The van der Waals surface area contributed by atoms with E-state index in [4.69, 9.17) is 14.2 Å². The molecule has 0 amide bonds. The van der Waals surface area contributed by atoms with Gasteiger partial charge in [0, 0.05) is 12.8 Å². The lowest BCUT2D eigenvalue weighted by Gasteiger charge is -2.18. The van der Waals surface area contributed by atoms with E-state index >= 15 is 0 Å². The lowest BCUT2D eigenvalue weighted by Crippen LogP contribution is -2.30. The molecule has 0 fully saturated rings. The minimum absolute atomic E-state index is 0.0962. The van der Waals surface area contributed by atoms with Crippen molar-refractivity contribution in [1.82, 2.24) is 0 Å². The van der Waals surface area contributed by atoms with Crippen LogP contribution in [0.15, 0.2) is 207 Å². The summed E-state index contributed by atoms with van der Waals surface area (Å²) in [6, 6.07) is 0. The Morgan fingerprint density at radius 2 is 0.547 bits per heavy atom. The molecule has 0 heterocycles. The number of carbonyl (C=O) groups excluding carboxylic acids is 3. The molecule has 1 unspecified atom stereocenters. The predicted molar refractivity (Wildman–Crippen MR) is 324 cm³/mol. The average Bonchev–Trinajstić information content (AvgIpc) is 3.41. The first kappa shape index (κ1) is 69.0. The maximum atomic E-state index is 12.8. The van der Waals surface area contributed by atoms with Gasteiger partial charge in [-0.2, -0.15) is 0 Å². The molecule has 412 valence electrons. The van der Waals surface area contributed by atoms with Crippen LogP contribution in [0.2, 0.25) is 0 Å². The Bertz CT molecular complexity index is 1900. The van der Waals surface area contributed by atoms with Crippen LogP contribution in [0.4, 0.5) is 0 Å². The standard InChI is InChI=1S/C69H100O6/c1-4-7-10-13-16-19-22-25-28-30-31-32-33-34-35-36-37-39-41-44-47-50-53-56-59-62-68(71)74-65-66(64-73-67(70)61-58-55-52-49-46-43-40-27-24-21-18-15-12-9-6-3)75-69(72)63-60-57-54-51-48-45-42-38-29-26-23-20-17-14-11-8-5-2/h7-12,16-21,25-29,31-32,34-35,37,39-40,42,44-47,49,51,54-55,58,66H,4-6,13-15,22-24,30,33,36,38,41,43,48,50,52-53,56-57,59-65H2,1-3H3/b10-7-,11-8-,12-9-,19-16-,20-17-,21-18-,28-25-,29-26-,32-31-,35-34-,39-37-,40-27-,45-42-,47-44-,49-46-,54-51-,58-55-. The third-order valence-electron chi connectivity index (χ3n) is 10.8. The number of hydrogen-bond donors (Lipinski definition) is 0. The second kappa shape index (κ2) is 60.5. The van der Waals surface area contributed by atoms with E-state index < -0.39 is 18.0 Å². The summed E-state index contributed by atoms with van der Waals surface area (Å²) in [6.45, 7) is 6.09. The van der Waals surface area contributed by atoms with Crippen LogP contribution in [0.3, 0.4) is 0 Å². The van der Waals surface area contributed by atoms with E-state index in [1.165, 1.54) is 0 Å². The molecule has 0 aromatic rings. The van der Waals surface area contributed by atoms with Crippen LogP contribution < -0.4 is 0 Å². The van der Waals surface area contributed by atoms with Gasteiger partial charge in [-0.1, -0.05) is 234 Å². The van der Waals surface area contributed by atoms with Crippen LogP contribution in [0.25, 0.3) is 0 Å². The molecule has 75 heavy (non-hydrogen) atoms. The van der Waals surface area contributed by atoms with E-state index in [9.17, 15) is 14.4 Å². The van der Waals surface area contributed by atoms with Crippen molar-refractivity contribution in [1.29, 1.82) is 0 Å². The molecule has 0 aromatic carbocycles. The molecule has 6 nitrogen and oxygen atoms in total. The van der Waals surface area contributed by atoms with Gasteiger partial charge < -0.3 is 14.2 Å². The highest BCUT2D eigenvalue weighted by molar-refractivity contribution is 5.72. The first-order chi connectivity index (χ1) is 37.0. The third kappa shape index (κ3) is 58.7. The number of ether oxygens (including phenoxy) is 3. The Morgan fingerprint density at radius 3 is 0.880 bits per heavy atom. The number of allylic oxidation sites excluding steroid dienone is 33. The van der Waals surface area contributed by atoms with Gasteiger partial charge in [0.25, 0.3) is 0 Å². The monoisotopic (exact) mass is 1020 g/mol. The first-order valence-electron chi connectivity index (χ1n) is 28.6. The van der Waals surface area contributed by atoms with Crippen molar-refractivity contribution in [3.8, 4) is 0 Å². The number of rotatable bonds is 48. The summed E-state index contributed by atoms with van der Waals surface area (Å²) in [6.07, 6.45) is 94.2. The minimum Gasteiger partial charge on any atom is -0.462 e. The molecule has 0 bridgehead atoms. The van der Waals surface area contributed by atoms with Gasteiger partial charge in [-0.3, -0.25) is 14.4 Å². The van der Waals surface area contributed by atoms with Crippen molar-refractivity contribution in [2.45, 2.75) is 194 Å². The van der Waals surface area contributed by atoms with Crippen molar-refractivity contribution < 1.29 is 28.6 Å². The summed E-state index contributed by atoms with van der Waals surface area (Å²) in [4.78, 5) is 38.1. The lowest BCUT2D eigenvalue weighted by atomic mass is 10.1. The van der Waals surface area contributed by atoms with E-state index in [0.29, 0.717) is 19.3 Å². The van der Waals surface area contributed by atoms with E-state index in [0.717, 1.165) is 128 Å². The molecular formula is C69H100O6. The second-order valence-corrected chi connectivity index (χ2v) is 17.7. The molecule has 0 saturated heterocycles.